The van der Waals surface area contributed by atoms with Crippen LogP contribution in [-0.2, 0) is 7.05 Å². The molecule has 5 nitrogen and oxygen atoms in total. The lowest BCUT2D eigenvalue weighted by Gasteiger charge is -2.14. The Morgan fingerprint density at radius 3 is 2.65 bits per heavy atom. The molecule has 7 heteroatoms. The van der Waals surface area contributed by atoms with Crippen molar-refractivity contribution in [2.45, 2.75) is 37.7 Å². The molecular formula is C19H21ClFN3O2. The Labute approximate surface area is 156 Å². The van der Waals surface area contributed by atoms with Crippen molar-refractivity contribution in [1.82, 2.24) is 9.55 Å². The predicted molar refractivity (Wildman–Crippen MR) is 96.8 cm³/mol. The van der Waals surface area contributed by atoms with Gasteiger partial charge in [0.1, 0.15) is 11.5 Å². The van der Waals surface area contributed by atoms with E-state index in [2.05, 4.69) is 10.3 Å². The van der Waals surface area contributed by atoms with Crippen molar-refractivity contribution >= 4 is 23.2 Å². The maximum absolute atomic E-state index is 13.3. The van der Waals surface area contributed by atoms with E-state index >= 15 is 0 Å². The highest BCUT2D eigenvalue weighted by molar-refractivity contribution is 6.31. The van der Waals surface area contributed by atoms with Gasteiger partial charge in [-0.2, -0.15) is 0 Å². The molecule has 2 aliphatic carbocycles. The molecule has 0 spiro atoms. The monoisotopic (exact) mass is 377 g/mol. The minimum absolute atomic E-state index is 0.0322. The SMILES string of the molecule is Cn1cnc([C@H]2C[C@H]3C[C@@H](O)C[C@H]3C2)c1C(=O)Nc1ccc(F)c(Cl)c1. The zero-order valence-corrected chi connectivity index (χ0v) is 15.2. The molecule has 2 N–H and O–H groups in total. The molecule has 0 aliphatic heterocycles. The van der Waals surface area contributed by atoms with E-state index in [4.69, 9.17) is 11.6 Å². The van der Waals surface area contributed by atoms with Gasteiger partial charge < -0.3 is 15.0 Å². The van der Waals surface area contributed by atoms with E-state index in [-0.39, 0.29) is 23.0 Å². The van der Waals surface area contributed by atoms with Crippen molar-refractivity contribution in [1.29, 1.82) is 0 Å². The van der Waals surface area contributed by atoms with Crippen LogP contribution in [0.1, 0.15) is 47.8 Å². The highest BCUT2D eigenvalue weighted by Gasteiger charge is 2.43. The Bertz CT molecular complexity index is 839. The van der Waals surface area contributed by atoms with E-state index < -0.39 is 5.82 Å². The van der Waals surface area contributed by atoms with Crippen molar-refractivity contribution in [2.75, 3.05) is 5.32 Å². The van der Waals surface area contributed by atoms with Crippen molar-refractivity contribution in [3.63, 3.8) is 0 Å². The van der Waals surface area contributed by atoms with Crippen molar-refractivity contribution < 1.29 is 14.3 Å². The Morgan fingerprint density at radius 2 is 2.00 bits per heavy atom. The molecule has 1 heterocycles. The summed E-state index contributed by atoms with van der Waals surface area (Å²) >= 11 is 5.79. The number of amides is 1. The quantitative estimate of drug-likeness (QED) is 0.856. The van der Waals surface area contributed by atoms with Gasteiger partial charge in [-0.05, 0) is 55.7 Å². The third-order valence-electron chi connectivity index (χ3n) is 5.74. The molecule has 0 unspecified atom stereocenters. The summed E-state index contributed by atoms with van der Waals surface area (Å²) in [6.07, 6.45) is 5.10. The van der Waals surface area contributed by atoms with Crippen LogP contribution in [-0.4, -0.2) is 26.7 Å². The number of aliphatic hydroxyl groups excluding tert-OH is 1. The lowest BCUT2D eigenvalue weighted by molar-refractivity contribution is 0.101. The lowest BCUT2D eigenvalue weighted by atomic mass is 9.97. The van der Waals surface area contributed by atoms with Crippen LogP contribution in [0, 0.1) is 17.7 Å². The highest BCUT2D eigenvalue weighted by Crippen LogP contribution is 2.50. The van der Waals surface area contributed by atoms with Gasteiger partial charge in [0.25, 0.3) is 5.91 Å². The number of aryl methyl sites for hydroxylation is 1. The number of fused-ring (bicyclic) bond motifs is 1. The standard InChI is InChI=1S/C19H21ClFN3O2/c1-24-9-22-17(12-4-10-6-14(25)7-11(10)5-12)18(24)19(26)23-13-2-3-16(21)15(20)8-13/h2-3,8-12,14,25H,4-7H2,1H3,(H,23,26)/t10-,11+,12-,14+. The van der Waals surface area contributed by atoms with Crippen LogP contribution in [0.25, 0.3) is 0 Å². The first-order valence-corrected chi connectivity index (χ1v) is 9.26. The second kappa shape index (κ2) is 6.67. The third-order valence-corrected chi connectivity index (χ3v) is 6.03. The summed E-state index contributed by atoms with van der Waals surface area (Å²) in [6, 6.07) is 4.11. The van der Waals surface area contributed by atoms with E-state index in [1.54, 1.807) is 17.9 Å². The second-order valence-corrected chi connectivity index (χ2v) is 7.89. The molecule has 0 saturated heterocycles. The number of imidazole rings is 1. The number of carbonyl (C=O) groups is 1. The molecule has 26 heavy (non-hydrogen) atoms. The number of halogens is 2. The summed E-state index contributed by atoms with van der Waals surface area (Å²) in [5.41, 5.74) is 1.78. The third kappa shape index (κ3) is 3.12. The molecule has 138 valence electrons. The first-order valence-electron chi connectivity index (χ1n) is 8.88. The normalized spacial score (nSPS) is 27.5. The Hall–Kier alpha value is -1.92. The average Bonchev–Trinajstić information content (AvgIpc) is 3.23. The first kappa shape index (κ1) is 17.5. The summed E-state index contributed by atoms with van der Waals surface area (Å²) in [6.45, 7) is 0. The van der Waals surface area contributed by atoms with Crippen molar-refractivity contribution in [3.05, 3.63) is 46.8 Å². The Balaban J connectivity index is 1.55. The van der Waals surface area contributed by atoms with Crippen molar-refractivity contribution in [3.8, 4) is 0 Å². The molecule has 2 saturated carbocycles. The molecule has 0 radical (unpaired) electrons. The average molecular weight is 378 g/mol. The van der Waals surface area contributed by atoms with Crippen LogP contribution in [0.5, 0.6) is 0 Å². The predicted octanol–water partition coefficient (Wildman–Crippen LogP) is 3.73. The summed E-state index contributed by atoms with van der Waals surface area (Å²) in [4.78, 5) is 17.3. The maximum Gasteiger partial charge on any atom is 0.274 e. The highest BCUT2D eigenvalue weighted by atomic mass is 35.5. The topological polar surface area (TPSA) is 67.1 Å². The molecule has 1 aromatic heterocycles. The Kier molecular flexibility index (Phi) is 4.49. The van der Waals surface area contributed by atoms with Crippen LogP contribution in [0.2, 0.25) is 5.02 Å². The fourth-order valence-corrected chi connectivity index (χ4v) is 4.78. The number of hydrogen-bond donors (Lipinski definition) is 2. The molecule has 4 rings (SSSR count). The van der Waals surface area contributed by atoms with Gasteiger partial charge in [0, 0.05) is 18.7 Å². The van der Waals surface area contributed by atoms with Gasteiger partial charge in [-0.3, -0.25) is 4.79 Å². The number of carbonyl (C=O) groups excluding carboxylic acids is 1. The molecular weight excluding hydrogens is 357 g/mol. The molecule has 1 aromatic carbocycles. The molecule has 4 atom stereocenters. The molecule has 1 amide bonds. The number of rotatable bonds is 3. The second-order valence-electron chi connectivity index (χ2n) is 7.49. The molecule has 2 fully saturated rings. The number of benzene rings is 1. The van der Waals surface area contributed by atoms with E-state index in [0.717, 1.165) is 31.4 Å². The van der Waals surface area contributed by atoms with Crippen LogP contribution in [0.3, 0.4) is 0 Å². The summed E-state index contributed by atoms with van der Waals surface area (Å²) in [5.74, 6) is 0.467. The fourth-order valence-electron chi connectivity index (χ4n) is 4.60. The molecule has 0 bridgehead atoms. The maximum atomic E-state index is 13.3. The zero-order chi connectivity index (χ0) is 18.4. The van der Waals surface area contributed by atoms with Crippen LogP contribution >= 0.6 is 11.6 Å². The van der Waals surface area contributed by atoms with Crippen LogP contribution < -0.4 is 5.32 Å². The smallest absolute Gasteiger partial charge is 0.274 e. The van der Waals surface area contributed by atoms with E-state index in [1.807, 2.05) is 0 Å². The van der Waals surface area contributed by atoms with Crippen molar-refractivity contribution in [2.24, 2.45) is 18.9 Å². The number of aliphatic hydroxyl groups is 1. The lowest BCUT2D eigenvalue weighted by Crippen LogP contribution is -2.18. The zero-order valence-electron chi connectivity index (χ0n) is 14.5. The summed E-state index contributed by atoms with van der Waals surface area (Å²) in [7, 11) is 1.79. The number of aromatic nitrogens is 2. The Morgan fingerprint density at radius 1 is 1.31 bits per heavy atom. The number of nitrogens with zero attached hydrogens (tertiary/aromatic N) is 2. The van der Waals surface area contributed by atoms with Crippen LogP contribution in [0.4, 0.5) is 10.1 Å². The summed E-state index contributed by atoms with van der Waals surface area (Å²) < 4.78 is 15.0. The number of anilines is 1. The van der Waals surface area contributed by atoms with Gasteiger partial charge in [0.15, 0.2) is 0 Å². The van der Waals surface area contributed by atoms with E-state index in [1.165, 1.54) is 18.2 Å². The van der Waals surface area contributed by atoms with E-state index in [9.17, 15) is 14.3 Å². The van der Waals surface area contributed by atoms with Gasteiger partial charge in [-0.1, -0.05) is 11.6 Å². The fraction of sp³-hybridized carbons (Fsp3) is 0.474. The van der Waals surface area contributed by atoms with Gasteiger partial charge >= 0.3 is 0 Å². The van der Waals surface area contributed by atoms with Gasteiger partial charge in [-0.25, -0.2) is 9.37 Å². The number of nitrogens with one attached hydrogen (secondary N) is 1. The summed E-state index contributed by atoms with van der Waals surface area (Å²) in [5, 5.41) is 12.6. The number of hydrogen-bond acceptors (Lipinski definition) is 3. The molecule has 2 aliphatic rings. The minimum atomic E-state index is -0.523. The molecule has 2 aromatic rings. The van der Waals surface area contributed by atoms with Gasteiger partial charge in [-0.15, -0.1) is 0 Å². The van der Waals surface area contributed by atoms with E-state index in [0.29, 0.717) is 23.2 Å². The van der Waals surface area contributed by atoms with Gasteiger partial charge in [0.05, 0.1) is 23.1 Å². The first-order chi connectivity index (χ1) is 12.4. The van der Waals surface area contributed by atoms with Crippen LogP contribution in [0.15, 0.2) is 24.5 Å². The van der Waals surface area contributed by atoms with Gasteiger partial charge in [0.2, 0.25) is 0 Å². The minimum Gasteiger partial charge on any atom is -0.393 e. The largest absolute Gasteiger partial charge is 0.393 e.